The third-order valence-corrected chi connectivity index (χ3v) is 3.58. The molecule has 1 saturated carbocycles. The predicted molar refractivity (Wildman–Crippen MR) is 61.4 cm³/mol. The minimum Gasteiger partial charge on any atom is -0.255 e. The number of halogens is 1. The van der Waals surface area contributed by atoms with E-state index in [4.69, 9.17) is 0 Å². The van der Waals surface area contributed by atoms with Crippen LogP contribution >= 0.6 is 15.9 Å². The normalized spacial score (nSPS) is 19.6. The zero-order valence-electron chi connectivity index (χ0n) is 8.67. The molecule has 0 aliphatic heterocycles. The average Bonchev–Trinajstić information content (AvgIpc) is 2.43. The van der Waals surface area contributed by atoms with Gasteiger partial charge in [0.2, 0.25) is 0 Å². The van der Waals surface area contributed by atoms with Crippen LogP contribution in [0.2, 0.25) is 0 Å². The van der Waals surface area contributed by atoms with Gasteiger partial charge < -0.3 is 0 Å². The maximum absolute atomic E-state index is 4.55. The summed E-state index contributed by atoms with van der Waals surface area (Å²) >= 11 is 3.58. The minimum atomic E-state index is 0.626. The Morgan fingerprint density at radius 1 is 1.29 bits per heavy atom. The van der Waals surface area contributed by atoms with Crippen molar-refractivity contribution in [2.75, 3.05) is 0 Å². The Morgan fingerprint density at radius 2 is 1.93 bits per heavy atom. The standard InChI is InChI=1S/C11H17BrN2/c1-9-8-11(12)14(13-9)10-6-4-2-3-5-7-10/h8,10H,2-7H2,1H3. The van der Waals surface area contributed by atoms with Crippen LogP contribution < -0.4 is 0 Å². The molecule has 1 heterocycles. The fourth-order valence-corrected chi connectivity index (χ4v) is 2.94. The van der Waals surface area contributed by atoms with Gasteiger partial charge in [0.15, 0.2) is 0 Å². The molecule has 0 spiro atoms. The fraction of sp³-hybridized carbons (Fsp3) is 0.727. The molecule has 0 aromatic carbocycles. The molecule has 0 bridgehead atoms. The van der Waals surface area contributed by atoms with Gasteiger partial charge in [-0.1, -0.05) is 25.7 Å². The molecule has 2 nitrogen and oxygen atoms in total. The second kappa shape index (κ2) is 4.47. The van der Waals surface area contributed by atoms with E-state index in [2.05, 4.69) is 38.7 Å². The summed E-state index contributed by atoms with van der Waals surface area (Å²) in [5.41, 5.74) is 1.11. The Balaban J connectivity index is 2.15. The summed E-state index contributed by atoms with van der Waals surface area (Å²) in [7, 11) is 0. The highest BCUT2D eigenvalue weighted by Crippen LogP contribution is 2.29. The van der Waals surface area contributed by atoms with Gasteiger partial charge in [-0.05, 0) is 41.8 Å². The molecule has 1 aliphatic carbocycles. The van der Waals surface area contributed by atoms with Crippen molar-refractivity contribution in [2.45, 2.75) is 51.5 Å². The summed E-state index contributed by atoms with van der Waals surface area (Å²) in [4.78, 5) is 0. The van der Waals surface area contributed by atoms with Gasteiger partial charge >= 0.3 is 0 Å². The second-order valence-electron chi connectivity index (χ2n) is 4.20. The molecule has 1 aliphatic rings. The molecule has 0 radical (unpaired) electrons. The van der Waals surface area contributed by atoms with E-state index in [9.17, 15) is 0 Å². The molecule has 1 aromatic heterocycles. The van der Waals surface area contributed by atoms with Crippen LogP contribution in [0.1, 0.15) is 50.3 Å². The summed E-state index contributed by atoms with van der Waals surface area (Å²) in [5.74, 6) is 0. The largest absolute Gasteiger partial charge is 0.255 e. The van der Waals surface area contributed by atoms with Crippen LogP contribution in [0.25, 0.3) is 0 Å². The van der Waals surface area contributed by atoms with Crippen LogP contribution in [0.5, 0.6) is 0 Å². The molecular formula is C11H17BrN2. The van der Waals surface area contributed by atoms with E-state index in [1.165, 1.54) is 38.5 Å². The highest BCUT2D eigenvalue weighted by atomic mass is 79.9. The zero-order valence-corrected chi connectivity index (χ0v) is 10.3. The van der Waals surface area contributed by atoms with E-state index in [1.54, 1.807) is 0 Å². The zero-order chi connectivity index (χ0) is 9.97. The Labute approximate surface area is 93.8 Å². The fourth-order valence-electron chi connectivity index (χ4n) is 2.24. The Morgan fingerprint density at radius 3 is 2.43 bits per heavy atom. The van der Waals surface area contributed by atoms with Crippen molar-refractivity contribution in [1.29, 1.82) is 0 Å². The molecule has 78 valence electrons. The van der Waals surface area contributed by atoms with E-state index in [-0.39, 0.29) is 0 Å². The van der Waals surface area contributed by atoms with E-state index in [1.807, 2.05) is 0 Å². The second-order valence-corrected chi connectivity index (χ2v) is 5.01. The first kappa shape index (κ1) is 10.2. The minimum absolute atomic E-state index is 0.626. The first-order chi connectivity index (χ1) is 6.77. The lowest BCUT2D eigenvalue weighted by Crippen LogP contribution is -2.10. The van der Waals surface area contributed by atoms with Crippen molar-refractivity contribution in [3.05, 3.63) is 16.4 Å². The summed E-state index contributed by atoms with van der Waals surface area (Å²) in [5, 5.41) is 4.55. The Bertz CT molecular complexity index is 298. The summed E-state index contributed by atoms with van der Waals surface area (Å²) in [6.45, 7) is 2.05. The van der Waals surface area contributed by atoms with Crippen LogP contribution in [-0.4, -0.2) is 9.78 Å². The highest BCUT2D eigenvalue weighted by molar-refractivity contribution is 9.10. The van der Waals surface area contributed by atoms with Crippen LogP contribution in [0.4, 0.5) is 0 Å². The first-order valence-corrected chi connectivity index (χ1v) is 6.28. The van der Waals surface area contributed by atoms with Crippen LogP contribution in [0.15, 0.2) is 10.7 Å². The van der Waals surface area contributed by atoms with Crippen LogP contribution in [0, 0.1) is 6.92 Å². The molecule has 2 rings (SSSR count). The third-order valence-electron chi connectivity index (χ3n) is 2.98. The lowest BCUT2D eigenvalue weighted by atomic mass is 10.1. The Kier molecular flexibility index (Phi) is 3.26. The van der Waals surface area contributed by atoms with Gasteiger partial charge in [0.05, 0.1) is 11.7 Å². The number of aromatic nitrogens is 2. The average molecular weight is 257 g/mol. The monoisotopic (exact) mass is 256 g/mol. The van der Waals surface area contributed by atoms with Crippen molar-refractivity contribution < 1.29 is 0 Å². The van der Waals surface area contributed by atoms with Crippen molar-refractivity contribution in [1.82, 2.24) is 9.78 Å². The number of hydrogen-bond donors (Lipinski definition) is 0. The van der Waals surface area contributed by atoms with E-state index < -0.39 is 0 Å². The SMILES string of the molecule is Cc1cc(Br)n(C2CCCCCC2)n1. The lowest BCUT2D eigenvalue weighted by Gasteiger charge is -2.15. The van der Waals surface area contributed by atoms with Crippen molar-refractivity contribution in [2.24, 2.45) is 0 Å². The molecule has 0 amide bonds. The van der Waals surface area contributed by atoms with E-state index in [0.29, 0.717) is 6.04 Å². The van der Waals surface area contributed by atoms with Gasteiger partial charge in [-0.15, -0.1) is 0 Å². The molecule has 0 unspecified atom stereocenters. The summed E-state index contributed by atoms with van der Waals surface area (Å²) in [6.07, 6.45) is 8.09. The van der Waals surface area contributed by atoms with Gasteiger partial charge in [-0.3, -0.25) is 4.68 Å². The van der Waals surface area contributed by atoms with Gasteiger partial charge in [0.25, 0.3) is 0 Å². The van der Waals surface area contributed by atoms with Gasteiger partial charge in [0.1, 0.15) is 4.60 Å². The smallest absolute Gasteiger partial charge is 0.104 e. The van der Waals surface area contributed by atoms with Gasteiger partial charge in [-0.25, -0.2) is 0 Å². The quantitative estimate of drug-likeness (QED) is 0.699. The van der Waals surface area contributed by atoms with Crippen LogP contribution in [-0.2, 0) is 0 Å². The molecule has 0 atom stereocenters. The van der Waals surface area contributed by atoms with Crippen LogP contribution in [0.3, 0.4) is 0 Å². The molecule has 0 N–H and O–H groups in total. The number of rotatable bonds is 1. The molecule has 1 fully saturated rings. The highest BCUT2D eigenvalue weighted by Gasteiger charge is 2.16. The predicted octanol–water partition coefficient (Wildman–Crippen LogP) is 3.85. The Hall–Kier alpha value is -0.310. The number of hydrogen-bond acceptors (Lipinski definition) is 1. The summed E-state index contributed by atoms with van der Waals surface area (Å²) in [6, 6.07) is 2.73. The van der Waals surface area contributed by atoms with Crippen molar-refractivity contribution >= 4 is 15.9 Å². The van der Waals surface area contributed by atoms with Crippen molar-refractivity contribution in [3.63, 3.8) is 0 Å². The third kappa shape index (κ3) is 2.19. The molecule has 1 aromatic rings. The number of aryl methyl sites for hydroxylation is 1. The maximum Gasteiger partial charge on any atom is 0.104 e. The van der Waals surface area contributed by atoms with E-state index >= 15 is 0 Å². The molecule has 0 saturated heterocycles. The van der Waals surface area contributed by atoms with Gasteiger partial charge in [-0.2, -0.15) is 5.10 Å². The maximum atomic E-state index is 4.55. The molecular weight excluding hydrogens is 240 g/mol. The topological polar surface area (TPSA) is 17.8 Å². The first-order valence-electron chi connectivity index (χ1n) is 5.49. The van der Waals surface area contributed by atoms with Gasteiger partial charge in [0, 0.05) is 0 Å². The lowest BCUT2D eigenvalue weighted by molar-refractivity contribution is 0.397. The molecule has 3 heteroatoms. The van der Waals surface area contributed by atoms with Crippen molar-refractivity contribution in [3.8, 4) is 0 Å². The number of nitrogens with zero attached hydrogens (tertiary/aromatic N) is 2. The van der Waals surface area contributed by atoms with E-state index in [0.717, 1.165) is 10.3 Å². The molecule has 14 heavy (non-hydrogen) atoms. The summed E-state index contributed by atoms with van der Waals surface area (Å²) < 4.78 is 3.31.